The van der Waals surface area contributed by atoms with Crippen LogP contribution in [0.25, 0.3) is 0 Å². The van der Waals surface area contributed by atoms with Gasteiger partial charge in [-0.2, -0.15) is 0 Å². The second-order valence-corrected chi connectivity index (χ2v) is 5.84. The van der Waals surface area contributed by atoms with E-state index >= 15 is 0 Å². The molecule has 1 unspecified atom stereocenters. The van der Waals surface area contributed by atoms with E-state index in [1.165, 1.54) is 16.7 Å². The number of carbonyl (C=O) groups excluding carboxylic acids is 1. The van der Waals surface area contributed by atoms with Crippen molar-refractivity contribution in [1.82, 2.24) is 5.32 Å². The summed E-state index contributed by atoms with van der Waals surface area (Å²) in [4.78, 5) is 13.5. The van der Waals surface area contributed by atoms with E-state index < -0.39 is 0 Å². The lowest BCUT2D eigenvalue weighted by atomic mass is 10.0. The van der Waals surface area contributed by atoms with Gasteiger partial charge < -0.3 is 15.5 Å². The Morgan fingerprint density at radius 3 is 3.00 bits per heavy atom. The fourth-order valence-electron chi connectivity index (χ4n) is 2.34. The lowest BCUT2D eigenvalue weighted by Crippen LogP contribution is -2.30. The number of nitrogens with two attached hydrogens (primary N) is 1. The van der Waals surface area contributed by atoms with Crippen molar-refractivity contribution in [2.75, 3.05) is 5.75 Å². The molecule has 0 bridgehead atoms. The third-order valence-electron chi connectivity index (χ3n) is 3.38. The fourth-order valence-corrected chi connectivity index (χ4v) is 3.47. The summed E-state index contributed by atoms with van der Waals surface area (Å²) in [6.45, 7) is 0.302. The number of amides is 1. The summed E-state index contributed by atoms with van der Waals surface area (Å²) in [6.07, 6.45) is 2.40. The van der Waals surface area contributed by atoms with E-state index in [1.807, 2.05) is 23.9 Å². The molecule has 2 heterocycles. The van der Waals surface area contributed by atoms with Gasteiger partial charge >= 0.3 is 0 Å². The summed E-state index contributed by atoms with van der Waals surface area (Å²) < 4.78 is 5.20. The maximum atomic E-state index is 12.2. The SMILES string of the molecule is Cl.NCc1cc(C(=O)NC2CCSc3ccccc32)co1. The zero-order chi connectivity index (χ0) is 13.9. The van der Waals surface area contributed by atoms with Gasteiger partial charge in [0, 0.05) is 10.6 Å². The second kappa shape index (κ2) is 7.02. The van der Waals surface area contributed by atoms with Gasteiger partial charge in [0.1, 0.15) is 12.0 Å². The van der Waals surface area contributed by atoms with E-state index in [1.54, 1.807) is 6.07 Å². The molecule has 112 valence electrons. The molecule has 4 nitrogen and oxygen atoms in total. The minimum Gasteiger partial charge on any atom is -0.467 e. The second-order valence-electron chi connectivity index (χ2n) is 4.71. The first-order chi connectivity index (χ1) is 9.78. The van der Waals surface area contributed by atoms with E-state index in [0.29, 0.717) is 17.9 Å². The van der Waals surface area contributed by atoms with Gasteiger partial charge in [0.05, 0.1) is 18.2 Å². The number of furan rings is 1. The Balaban J connectivity index is 0.00000161. The average Bonchev–Trinajstić information content (AvgIpc) is 2.97. The highest BCUT2D eigenvalue weighted by Gasteiger charge is 2.22. The highest BCUT2D eigenvalue weighted by molar-refractivity contribution is 7.99. The summed E-state index contributed by atoms with van der Waals surface area (Å²) in [5.74, 6) is 1.52. The van der Waals surface area contributed by atoms with Gasteiger partial charge in [0.25, 0.3) is 5.91 Å². The topological polar surface area (TPSA) is 68.3 Å². The molecule has 3 rings (SSSR count). The maximum Gasteiger partial charge on any atom is 0.255 e. The van der Waals surface area contributed by atoms with Crippen LogP contribution in [0, 0.1) is 0 Å². The Hall–Kier alpha value is -1.43. The minimum atomic E-state index is -0.111. The third kappa shape index (κ3) is 3.43. The summed E-state index contributed by atoms with van der Waals surface area (Å²) in [5, 5.41) is 3.08. The summed E-state index contributed by atoms with van der Waals surface area (Å²) >= 11 is 1.84. The van der Waals surface area contributed by atoms with Crippen molar-refractivity contribution < 1.29 is 9.21 Å². The molecular formula is C15H17ClN2O2S. The van der Waals surface area contributed by atoms with E-state index in [4.69, 9.17) is 10.2 Å². The lowest BCUT2D eigenvalue weighted by molar-refractivity contribution is 0.0934. The highest BCUT2D eigenvalue weighted by atomic mass is 35.5. The molecule has 1 amide bonds. The Morgan fingerprint density at radius 2 is 2.24 bits per heavy atom. The van der Waals surface area contributed by atoms with Crippen LogP contribution in [0.2, 0.25) is 0 Å². The first-order valence-corrected chi connectivity index (χ1v) is 7.56. The quantitative estimate of drug-likeness (QED) is 0.910. The monoisotopic (exact) mass is 324 g/mol. The summed E-state index contributed by atoms with van der Waals surface area (Å²) in [5.41, 5.74) is 7.21. The van der Waals surface area contributed by atoms with Gasteiger partial charge in [-0.1, -0.05) is 18.2 Å². The largest absolute Gasteiger partial charge is 0.467 e. The molecule has 1 aromatic carbocycles. The molecule has 0 radical (unpaired) electrons. The van der Waals surface area contributed by atoms with Crippen LogP contribution in [0.3, 0.4) is 0 Å². The Kier molecular flexibility index (Phi) is 5.33. The zero-order valence-electron chi connectivity index (χ0n) is 11.4. The molecule has 1 aliphatic rings. The minimum absolute atomic E-state index is 0. The van der Waals surface area contributed by atoms with Gasteiger partial charge in [-0.25, -0.2) is 0 Å². The van der Waals surface area contributed by atoms with E-state index in [9.17, 15) is 4.79 Å². The van der Waals surface area contributed by atoms with Crippen LogP contribution >= 0.6 is 24.2 Å². The average molecular weight is 325 g/mol. The molecule has 21 heavy (non-hydrogen) atoms. The van der Waals surface area contributed by atoms with Crippen molar-refractivity contribution in [3.05, 3.63) is 53.5 Å². The smallest absolute Gasteiger partial charge is 0.255 e. The number of hydrogen-bond donors (Lipinski definition) is 2. The van der Waals surface area contributed by atoms with Gasteiger partial charge in [0.15, 0.2) is 0 Å². The fraction of sp³-hybridized carbons (Fsp3) is 0.267. The first-order valence-electron chi connectivity index (χ1n) is 6.58. The van der Waals surface area contributed by atoms with E-state index in [-0.39, 0.29) is 24.4 Å². The Morgan fingerprint density at radius 1 is 1.43 bits per heavy atom. The highest BCUT2D eigenvalue weighted by Crippen LogP contribution is 2.35. The molecule has 1 atom stereocenters. The summed E-state index contributed by atoms with van der Waals surface area (Å²) in [6, 6.07) is 9.97. The first kappa shape index (κ1) is 15.9. The summed E-state index contributed by atoms with van der Waals surface area (Å²) in [7, 11) is 0. The van der Waals surface area contributed by atoms with E-state index in [0.717, 1.165) is 12.2 Å². The normalized spacial score (nSPS) is 16.7. The number of carbonyl (C=O) groups is 1. The molecular weight excluding hydrogens is 308 g/mol. The van der Waals surface area contributed by atoms with Crippen LogP contribution in [0.4, 0.5) is 0 Å². The van der Waals surface area contributed by atoms with Gasteiger partial charge in [-0.05, 0) is 24.1 Å². The lowest BCUT2D eigenvalue weighted by Gasteiger charge is -2.25. The van der Waals surface area contributed by atoms with Crippen LogP contribution in [-0.4, -0.2) is 11.7 Å². The predicted octanol–water partition coefficient (Wildman–Crippen LogP) is 3.13. The predicted molar refractivity (Wildman–Crippen MR) is 85.8 cm³/mol. The number of nitrogens with one attached hydrogen (secondary N) is 1. The molecule has 0 spiro atoms. The van der Waals surface area contributed by atoms with Crippen molar-refractivity contribution in [3.8, 4) is 0 Å². The van der Waals surface area contributed by atoms with Crippen LogP contribution in [0.5, 0.6) is 0 Å². The number of thioether (sulfide) groups is 1. The van der Waals surface area contributed by atoms with Gasteiger partial charge in [-0.3, -0.25) is 4.79 Å². The van der Waals surface area contributed by atoms with Crippen molar-refractivity contribution in [3.63, 3.8) is 0 Å². The van der Waals surface area contributed by atoms with Crippen LogP contribution in [0.15, 0.2) is 45.9 Å². The maximum absolute atomic E-state index is 12.2. The number of halogens is 1. The van der Waals surface area contributed by atoms with Crippen molar-refractivity contribution in [2.24, 2.45) is 5.73 Å². The van der Waals surface area contributed by atoms with E-state index in [2.05, 4.69) is 17.4 Å². The van der Waals surface area contributed by atoms with Crippen molar-refractivity contribution in [1.29, 1.82) is 0 Å². The van der Waals surface area contributed by atoms with Crippen LogP contribution < -0.4 is 11.1 Å². The van der Waals surface area contributed by atoms with Crippen LogP contribution in [0.1, 0.15) is 34.1 Å². The molecule has 1 aliphatic heterocycles. The number of fused-ring (bicyclic) bond motifs is 1. The van der Waals surface area contributed by atoms with Gasteiger partial charge in [-0.15, -0.1) is 24.2 Å². The Labute approximate surface area is 133 Å². The number of benzene rings is 1. The van der Waals surface area contributed by atoms with Crippen molar-refractivity contribution in [2.45, 2.75) is 23.9 Å². The zero-order valence-corrected chi connectivity index (χ0v) is 13.0. The molecule has 0 aliphatic carbocycles. The number of rotatable bonds is 3. The molecule has 6 heteroatoms. The molecule has 0 saturated carbocycles. The number of hydrogen-bond acceptors (Lipinski definition) is 4. The van der Waals surface area contributed by atoms with Crippen molar-refractivity contribution >= 4 is 30.1 Å². The third-order valence-corrected chi connectivity index (χ3v) is 4.50. The Bertz CT molecular complexity index is 630. The molecule has 0 saturated heterocycles. The molecule has 3 N–H and O–H groups in total. The van der Waals surface area contributed by atoms with Crippen LogP contribution in [-0.2, 0) is 6.54 Å². The standard InChI is InChI=1S/C15H16N2O2S.ClH/c16-8-11-7-10(9-19-11)15(18)17-13-5-6-20-14-4-2-1-3-12(13)14;/h1-4,7,9,13H,5-6,8,16H2,(H,17,18);1H. The molecule has 2 aromatic rings. The molecule has 0 fully saturated rings. The van der Waals surface area contributed by atoms with Gasteiger partial charge in [0.2, 0.25) is 0 Å². The molecule has 1 aromatic heterocycles.